The number of methoxy groups -OCH3 is 2. The summed E-state index contributed by atoms with van der Waals surface area (Å²) in [6, 6.07) is 12.6. The largest absolute Gasteiger partial charge is 0.493 e. The first kappa shape index (κ1) is 23.4. The van der Waals surface area contributed by atoms with Crippen molar-refractivity contribution in [2.75, 3.05) is 19.1 Å². The van der Waals surface area contributed by atoms with Crippen molar-refractivity contribution in [1.29, 1.82) is 0 Å². The molecule has 0 radical (unpaired) electrons. The summed E-state index contributed by atoms with van der Waals surface area (Å²) < 4.78 is 30.2. The van der Waals surface area contributed by atoms with Crippen molar-refractivity contribution in [3.05, 3.63) is 78.0 Å². The van der Waals surface area contributed by atoms with Crippen LogP contribution in [-0.2, 0) is 4.79 Å². The SMILES string of the molecule is COc1cccc([C@@H](C(=O)NC2CCCC2)N(C(=O)c2ccco2)c2ccc(F)cc2)c1OC. The third-order valence-corrected chi connectivity index (χ3v) is 5.99. The lowest BCUT2D eigenvalue weighted by atomic mass is 10.00. The highest BCUT2D eigenvalue weighted by Gasteiger charge is 2.38. The summed E-state index contributed by atoms with van der Waals surface area (Å²) in [7, 11) is 2.98. The summed E-state index contributed by atoms with van der Waals surface area (Å²) in [5, 5.41) is 3.09. The first-order valence-electron chi connectivity index (χ1n) is 11.2. The second-order valence-corrected chi connectivity index (χ2v) is 8.10. The average Bonchev–Trinajstić information content (AvgIpc) is 3.57. The Labute approximate surface area is 197 Å². The summed E-state index contributed by atoms with van der Waals surface area (Å²) in [6.45, 7) is 0. The van der Waals surface area contributed by atoms with Crippen molar-refractivity contribution in [3.63, 3.8) is 0 Å². The Morgan fingerprint density at radius 2 is 1.76 bits per heavy atom. The Morgan fingerprint density at radius 1 is 1.03 bits per heavy atom. The summed E-state index contributed by atoms with van der Waals surface area (Å²) >= 11 is 0. The normalized spacial score (nSPS) is 14.4. The molecule has 1 fully saturated rings. The Kier molecular flexibility index (Phi) is 7.15. The van der Waals surface area contributed by atoms with Crippen LogP contribution in [0.25, 0.3) is 0 Å². The van der Waals surface area contributed by atoms with Gasteiger partial charge < -0.3 is 19.2 Å². The van der Waals surface area contributed by atoms with Gasteiger partial charge in [0.1, 0.15) is 11.9 Å². The van der Waals surface area contributed by atoms with E-state index in [1.54, 1.807) is 24.3 Å². The van der Waals surface area contributed by atoms with Crippen molar-refractivity contribution in [2.45, 2.75) is 37.8 Å². The number of rotatable bonds is 8. The van der Waals surface area contributed by atoms with E-state index in [1.807, 2.05) is 0 Å². The molecule has 1 saturated carbocycles. The van der Waals surface area contributed by atoms with Crippen LogP contribution in [0.3, 0.4) is 0 Å². The molecule has 4 rings (SSSR count). The quantitative estimate of drug-likeness (QED) is 0.512. The number of ether oxygens (including phenoxy) is 2. The number of para-hydroxylation sites is 1. The van der Waals surface area contributed by atoms with E-state index < -0.39 is 17.8 Å². The number of carbonyl (C=O) groups excluding carboxylic acids is 2. The van der Waals surface area contributed by atoms with Gasteiger partial charge in [-0.05, 0) is 55.3 Å². The molecule has 0 bridgehead atoms. The maximum absolute atomic E-state index is 13.8. The standard InChI is InChI=1S/C26H27FN2O5/c1-32-21-10-5-9-20(24(21)33-2)23(25(30)28-18-7-3-4-8-18)29(19-14-12-17(27)13-15-19)26(31)22-11-6-16-34-22/h5-6,9-16,18,23H,3-4,7-8H2,1-2H3,(H,28,30)/t23-/m0/s1. The zero-order valence-corrected chi connectivity index (χ0v) is 19.1. The van der Waals surface area contributed by atoms with Gasteiger partial charge in [0.15, 0.2) is 17.3 Å². The van der Waals surface area contributed by atoms with E-state index in [9.17, 15) is 14.0 Å². The van der Waals surface area contributed by atoms with Crippen LogP contribution in [0.2, 0.25) is 0 Å². The number of nitrogens with zero attached hydrogens (tertiary/aromatic N) is 1. The van der Waals surface area contributed by atoms with Gasteiger partial charge in [-0.3, -0.25) is 14.5 Å². The number of halogens is 1. The molecule has 1 aliphatic carbocycles. The molecule has 0 aliphatic heterocycles. The second kappa shape index (κ2) is 10.4. The third kappa shape index (κ3) is 4.76. The lowest BCUT2D eigenvalue weighted by Gasteiger charge is -2.32. The molecule has 34 heavy (non-hydrogen) atoms. The van der Waals surface area contributed by atoms with Crippen LogP contribution in [0.5, 0.6) is 11.5 Å². The van der Waals surface area contributed by atoms with Crippen LogP contribution in [0.4, 0.5) is 10.1 Å². The van der Waals surface area contributed by atoms with Gasteiger partial charge >= 0.3 is 0 Å². The molecule has 0 spiro atoms. The number of hydrogen-bond acceptors (Lipinski definition) is 5. The molecule has 0 unspecified atom stereocenters. The van der Waals surface area contributed by atoms with E-state index in [4.69, 9.17) is 13.9 Å². The van der Waals surface area contributed by atoms with E-state index in [0.29, 0.717) is 22.7 Å². The number of amides is 2. The molecule has 1 aromatic heterocycles. The molecule has 1 N–H and O–H groups in total. The third-order valence-electron chi connectivity index (χ3n) is 5.99. The number of nitrogens with one attached hydrogen (secondary N) is 1. The van der Waals surface area contributed by atoms with E-state index in [1.165, 1.54) is 55.7 Å². The van der Waals surface area contributed by atoms with Crippen molar-refractivity contribution in [3.8, 4) is 11.5 Å². The lowest BCUT2D eigenvalue weighted by Crippen LogP contribution is -2.46. The molecule has 178 valence electrons. The number of benzene rings is 2. The Balaban J connectivity index is 1.88. The van der Waals surface area contributed by atoms with E-state index >= 15 is 0 Å². The van der Waals surface area contributed by atoms with Crippen molar-refractivity contribution >= 4 is 17.5 Å². The van der Waals surface area contributed by atoms with Crippen LogP contribution in [0.1, 0.15) is 47.8 Å². The topological polar surface area (TPSA) is 81.0 Å². The van der Waals surface area contributed by atoms with Gasteiger partial charge in [0.2, 0.25) is 5.91 Å². The highest BCUT2D eigenvalue weighted by molar-refractivity contribution is 6.09. The molecule has 1 atom stereocenters. The van der Waals surface area contributed by atoms with E-state index in [0.717, 1.165) is 25.7 Å². The second-order valence-electron chi connectivity index (χ2n) is 8.10. The minimum Gasteiger partial charge on any atom is -0.493 e. The summed E-state index contributed by atoms with van der Waals surface area (Å²) in [5.41, 5.74) is 0.765. The molecule has 2 amide bonds. The predicted molar refractivity (Wildman–Crippen MR) is 125 cm³/mol. The maximum atomic E-state index is 13.8. The van der Waals surface area contributed by atoms with Gasteiger partial charge in [0, 0.05) is 17.3 Å². The number of carbonyl (C=O) groups is 2. The summed E-state index contributed by atoms with van der Waals surface area (Å²) in [5.74, 6) is -0.584. The van der Waals surface area contributed by atoms with Crippen molar-refractivity contribution in [1.82, 2.24) is 5.32 Å². The first-order valence-corrected chi connectivity index (χ1v) is 11.2. The Bertz CT molecular complexity index is 1120. The van der Waals surface area contributed by atoms with Crippen molar-refractivity contribution < 1.29 is 27.9 Å². The molecule has 3 aromatic rings. The number of anilines is 1. The van der Waals surface area contributed by atoms with Gasteiger partial charge in [0.25, 0.3) is 5.91 Å². The van der Waals surface area contributed by atoms with Gasteiger partial charge in [-0.1, -0.05) is 25.0 Å². The molecular formula is C26H27FN2O5. The van der Waals surface area contributed by atoms with Crippen LogP contribution in [0.15, 0.2) is 65.3 Å². The molecule has 1 heterocycles. The van der Waals surface area contributed by atoms with Crippen LogP contribution < -0.4 is 19.7 Å². The minimum absolute atomic E-state index is 0.0142. The lowest BCUT2D eigenvalue weighted by molar-refractivity contribution is -0.123. The smallest absolute Gasteiger partial charge is 0.294 e. The summed E-state index contributed by atoms with van der Waals surface area (Å²) in [6.07, 6.45) is 5.19. The molecule has 0 saturated heterocycles. The minimum atomic E-state index is -1.13. The van der Waals surface area contributed by atoms with Crippen LogP contribution >= 0.6 is 0 Å². The Morgan fingerprint density at radius 3 is 2.38 bits per heavy atom. The zero-order valence-electron chi connectivity index (χ0n) is 19.1. The fourth-order valence-corrected chi connectivity index (χ4v) is 4.38. The van der Waals surface area contributed by atoms with Gasteiger partial charge in [-0.15, -0.1) is 0 Å². The number of furan rings is 1. The first-order chi connectivity index (χ1) is 16.5. The monoisotopic (exact) mass is 466 g/mol. The molecule has 2 aromatic carbocycles. The number of hydrogen-bond donors (Lipinski definition) is 1. The highest BCUT2D eigenvalue weighted by atomic mass is 19.1. The van der Waals surface area contributed by atoms with E-state index in [2.05, 4.69) is 5.32 Å². The zero-order chi connectivity index (χ0) is 24.1. The van der Waals surface area contributed by atoms with Crippen molar-refractivity contribution in [2.24, 2.45) is 0 Å². The van der Waals surface area contributed by atoms with E-state index in [-0.39, 0.29) is 17.7 Å². The molecular weight excluding hydrogens is 439 g/mol. The fraction of sp³-hybridized carbons (Fsp3) is 0.308. The van der Waals surface area contributed by atoms with Crippen LogP contribution in [0, 0.1) is 5.82 Å². The average molecular weight is 467 g/mol. The Hall–Kier alpha value is -3.81. The van der Waals surface area contributed by atoms with Gasteiger partial charge in [0.05, 0.1) is 20.5 Å². The summed E-state index contributed by atoms with van der Waals surface area (Å²) in [4.78, 5) is 28.8. The van der Waals surface area contributed by atoms with Gasteiger partial charge in [-0.25, -0.2) is 4.39 Å². The molecule has 7 nitrogen and oxygen atoms in total. The van der Waals surface area contributed by atoms with Crippen LogP contribution in [-0.4, -0.2) is 32.1 Å². The molecule has 8 heteroatoms. The molecule has 1 aliphatic rings. The van der Waals surface area contributed by atoms with Gasteiger partial charge in [-0.2, -0.15) is 0 Å². The predicted octanol–water partition coefficient (Wildman–Crippen LogP) is 4.88. The maximum Gasteiger partial charge on any atom is 0.294 e. The fourth-order valence-electron chi connectivity index (χ4n) is 4.38. The highest BCUT2D eigenvalue weighted by Crippen LogP contribution is 2.40.